The molecule has 0 amide bonds. The lowest BCUT2D eigenvalue weighted by molar-refractivity contribution is 0.445. The summed E-state index contributed by atoms with van der Waals surface area (Å²) in [5, 5.41) is 0. The van der Waals surface area contributed by atoms with E-state index in [1.165, 1.54) is 17.8 Å². The summed E-state index contributed by atoms with van der Waals surface area (Å²) in [6.07, 6.45) is 6.16. The third-order valence-corrected chi connectivity index (χ3v) is 4.03. The molecule has 15 heavy (non-hydrogen) atoms. The van der Waals surface area contributed by atoms with Crippen LogP contribution in [0.25, 0.3) is 0 Å². The molecule has 0 unspecified atom stereocenters. The van der Waals surface area contributed by atoms with Gasteiger partial charge in [-0.3, -0.25) is 0 Å². The number of nitrogens with two attached hydrogens (primary N) is 1. The van der Waals surface area contributed by atoms with Crippen molar-refractivity contribution in [2.24, 2.45) is 5.73 Å². The van der Waals surface area contributed by atoms with Gasteiger partial charge in [-0.05, 0) is 30.7 Å². The predicted molar refractivity (Wildman–Crippen MR) is 62.5 cm³/mol. The lowest BCUT2D eigenvalue weighted by Gasteiger charge is -2.26. The van der Waals surface area contributed by atoms with Crippen molar-refractivity contribution >= 4 is 11.8 Å². The van der Waals surface area contributed by atoms with Gasteiger partial charge < -0.3 is 5.73 Å². The lowest BCUT2D eigenvalue weighted by Crippen LogP contribution is -2.33. The number of halogens is 1. The summed E-state index contributed by atoms with van der Waals surface area (Å²) >= 11 is 1.45. The smallest absolute Gasteiger partial charge is 0.137 e. The summed E-state index contributed by atoms with van der Waals surface area (Å²) in [6.45, 7) is 0. The van der Waals surface area contributed by atoms with E-state index in [4.69, 9.17) is 5.73 Å². The van der Waals surface area contributed by atoms with E-state index >= 15 is 0 Å². The third kappa shape index (κ3) is 1.91. The minimum Gasteiger partial charge on any atom is -0.321 e. The van der Waals surface area contributed by atoms with E-state index in [0.29, 0.717) is 0 Å². The van der Waals surface area contributed by atoms with Crippen LogP contribution in [0.5, 0.6) is 0 Å². The maximum Gasteiger partial charge on any atom is 0.137 e. The first-order valence-corrected chi connectivity index (χ1v) is 6.52. The van der Waals surface area contributed by atoms with Crippen LogP contribution in [0.4, 0.5) is 4.39 Å². The summed E-state index contributed by atoms with van der Waals surface area (Å²) in [6, 6.07) is 5.24. The Morgan fingerprint density at radius 1 is 1.33 bits per heavy atom. The molecule has 1 nitrogen and oxygen atoms in total. The van der Waals surface area contributed by atoms with Crippen LogP contribution in [-0.2, 0) is 5.54 Å². The minimum atomic E-state index is -0.291. The maximum absolute atomic E-state index is 13.6. The number of hydrogen-bond donors (Lipinski definition) is 1. The Balaban J connectivity index is 2.47. The first-order valence-electron chi connectivity index (χ1n) is 5.29. The van der Waals surface area contributed by atoms with Crippen molar-refractivity contribution < 1.29 is 4.39 Å². The van der Waals surface area contributed by atoms with Crippen molar-refractivity contribution in [2.45, 2.75) is 36.1 Å². The Kier molecular flexibility index (Phi) is 3.03. The standard InChI is InChI=1S/C12H16FNS/c1-15-11-9(5-4-6-10(11)13)12(14)7-2-3-8-12/h4-6H,2-3,7-8,14H2,1H3. The fourth-order valence-corrected chi connectivity index (χ4v) is 3.14. The van der Waals surface area contributed by atoms with Gasteiger partial charge in [0, 0.05) is 10.4 Å². The summed E-state index contributed by atoms with van der Waals surface area (Å²) in [5.41, 5.74) is 7.05. The van der Waals surface area contributed by atoms with Crippen molar-refractivity contribution in [3.8, 4) is 0 Å². The zero-order chi connectivity index (χ0) is 10.9. The molecule has 1 aromatic carbocycles. The highest BCUT2D eigenvalue weighted by molar-refractivity contribution is 7.98. The topological polar surface area (TPSA) is 26.0 Å². The van der Waals surface area contributed by atoms with Crippen LogP contribution in [0.3, 0.4) is 0 Å². The van der Waals surface area contributed by atoms with Crippen LogP contribution in [0.1, 0.15) is 31.2 Å². The summed E-state index contributed by atoms with van der Waals surface area (Å²) in [7, 11) is 0. The zero-order valence-electron chi connectivity index (χ0n) is 8.92. The van der Waals surface area contributed by atoms with Crippen LogP contribution in [-0.4, -0.2) is 6.26 Å². The molecule has 82 valence electrons. The molecular weight excluding hydrogens is 209 g/mol. The molecule has 0 aromatic heterocycles. The molecule has 0 atom stereocenters. The van der Waals surface area contributed by atoms with E-state index < -0.39 is 0 Å². The number of thioether (sulfide) groups is 1. The first kappa shape index (κ1) is 11.0. The van der Waals surface area contributed by atoms with Crippen LogP contribution < -0.4 is 5.73 Å². The fraction of sp³-hybridized carbons (Fsp3) is 0.500. The van der Waals surface area contributed by atoms with Gasteiger partial charge in [-0.1, -0.05) is 25.0 Å². The van der Waals surface area contributed by atoms with Gasteiger partial charge in [0.1, 0.15) is 5.82 Å². The van der Waals surface area contributed by atoms with Gasteiger partial charge in [0.25, 0.3) is 0 Å². The summed E-state index contributed by atoms with van der Waals surface area (Å²) in [4.78, 5) is 0.724. The normalized spacial score (nSPS) is 19.4. The molecule has 0 saturated heterocycles. The van der Waals surface area contributed by atoms with E-state index in [2.05, 4.69) is 0 Å². The van der Waals surface area contributed by atoms with Gasteiger partial charge in [0.15, 0.2) is 0 Å². The number of rotatable bonds is 2. The van der Waals surface area contributed by atoms with Crippen molar-refractivity contribution in [2.75, 3.05) is 6.26 Å². The van der Waals surface area contributed by atoms with Crippen LogP contribution >= 0.6 is 11.8 Å². The highest BCUT2D eigenvalue weighted by Gasteiger charge is 2.33. The van der Waals surface area contributed by atoms with Gasteiger partial charge in [0.05, 0.1) is 0 Å². The molecule has 0 bridgehead atoms. The van der Waals surface area contributed by atoms with Gasteiger partial charge >= 0.3 is 0 Å². The molecular formula is C12H16FNS. The molecule has 2 N–H and O–H groups in total. The van der Waals surface area contributed by atoms with Crippen molar-refractivity contribution in [3.05, 3.63) is 29.6 Å². The predicted octanol–water partition coefficient (Wildman–Crippen LogP) is 3.28. The Bertz CT molecular complexity index is 359. The summed E-state index contributed by atoms with van der Waals surface area (Å²) in [5.74, 6) is -0.142. The Hall–Kier alpha value is -0.540. The molecule has 2 rings (SSSR count). The van der Waals surface area contributed by atoms with E-state index in [1.54, 1.807) is 6.07 Å². The Labute approximate surface area is 94.2 Å². The first-order chi connectivity index (χ1) is 7.17. The average Bonchev–Trinajstić information content (AvgIpc) is 2.66. The second-order valence-corrected chi connectivity index (χ2v) is 5.00. The largest absolute Gasteiger partial charge is 0.321 e. The maximum atomic E-state index is 13.6. The van der Waals surface area contributed by atoms with Crippen LogP contribution in [0.15, 0.2) is 23.1 Å². The average molecular weight is 225 g/mol. The van der Waals surface area contributed by atoms with Crippen molar-refractivity contribution in [1.82, 2.24) is 0 Å². The molecule has 0 heterocycles. The van der Waals surface area contributed by atoms with Gasteiger partial charge in [0.2, 0.25) is 0 Å². The number of hydrogen-bond acceptors (Lipinski definition) is 2. The van der Waals surface area contributed by atoms with E-state index in [-0.39, 0.29) is 11.4 Å². The molecule has 3 heteroatoms. The van der Waals surface area contributed by atoms with Crippen molar-refractivity contribution in [1.29, 1.82) is 0 Å². The molecule has 1 aliphatic rings. The fourth-order valence-electron chi connectivity index (χ4n) is 2.38. The Morgan fingerprint density at radius 3 is 2.60 bits per heavy atom. The monoisotopic (exact) mass is 225 g/mol. The van der Waals surface area contributed by atoms with E-state index in [1.807, 2.05) is 12.3 Å². The second-order valence-electron chi connectivity index (χ2n) is 4.18. The van der Waals surface area contributed by atoms with Gasteiger partial charge in [-0.25, -0.2) is 4.39 Å². The van der Waals surface area contributed by atoms with Crippen LogP contribution in [0.2, 0.25) is 0 Å². The molecule has 1 aromatic rings. The second kappa shape index (κ2) is 4.14. The minimum absolute atomic E-state index is 0.142. The molecule has 1 aliphatic carbocycles. The Morgan fingerprint density at radius 2 is 2.00 bits per heavy atom. The lowest BCUT2D eigenvalue weighted by atomic mass is 9.89. The molecule has 0 aliphatic heterocycles. The SMILES string of the molecule is CSc1c(F)cccc1C1(N)CCCC1. The van der Waals surface area contributed by atoms with Crippen LogP contribution in [0, 0.1) is 5.82 Å². The molecule has 1 fully saturated rings. The zero-order valence-corrected chi connectivity index (χ0v) is 9.74. The van der Waals surface area contributed by atoms with Gasteiger partial charge in [-0.15, -0.1) is 11.8 Å². The molecule has 1 saturated carbocycles. The van der Waals surface area contributed by atoms with Gasteiger partial charge in [-0.2, -0.15) is 0 Å². The van der Waals surface area contributed by atoms with E-state index in [0.717, 1.165) is 36.1 Å². The van der Waals surface area contributed by atoms with E-state index in [9.17, 15) is 4.39 Å². The van der Waals surface area contributed by atoms with Crippen molar-refractivity contribution in [3.63, 3.8) is 0 Å². The number of benzene rings is 1. The molecule has 0 radical (unpaired) electrons. The quantitative estimate of drug-likeness (QED) is 0.782. The summed E-state index contributed by atoms with van der Waals surface area (Å²) < 4.78 is 13.6. The highest BCUT2D eigenvalue weighted by Crippen LogP contribution is 2.40. The third-order valence-electron chi connectivity index (χ3n) is 3.20. The molecule has 0 spiro atoms. The highest BCUT2D eigenvalue weighted by atomic mass is 32.2.